The van der Waals surface area contributed by atoms with Crippen molar-refractivity contribution in [3.8, 4) is 0 Å². The fourth-order valence-electron chi connectivity index (χ4n) is 2.81. The van der Waals surface area contributed by atoms with Crippen LogP contribution in [-0.2, 0) is 9.47 Å². The summed E-state index contributed by atoms with van der Waals surface area (Å²) in [5, 5.41) is 0. The van der Waals surface area contributed by atoms with E-state index in [1.807, 2.05) is 0 Å². The highest BCUT2D eigenvalue weighted by Crippen LogP contribution is 2.32. The molecular formula is C17H36O2. The van der Waals surface area contributed by atoms with E-state index < -0.39 is 0 Å². The monoisotopic (exact) mass is 272 g/mol. The normalized spacial score (nSPS) is 13.7. The summed E-state index contributed by atoms with van der Waals surface area (Å²) in [5.41, 5.74) is 0. The second kappa shape index (κ2) is 11.7. The molecule has 2 heteroatoms. The lowest BCUT2D eigenvalue weighted by Crippen LogP contribution is -2.40. The third kappa shape index (κ3) is 7.31. The van der Waals surface area contributed by atoms with E-state index in [4.69, 9.17) is 9.47 Å². The van der Waals surface area contributed by atoms with Crippen molar-refractivity contribution in [1.29, 1.82) is 0 Å². The minimum Gasteiger partial charge on any atom is -0.353 e. The molecule has 1 atom stereocenters. The van der Waals surface area contributed by atoms with Gasteiger partial charge in [0.2, 0.25) is 0 Å². The van der Waals surface area contributed by atoms with Crippen LogP contribution in [0, 0.1) is 5.92 Å². The molecule has 1 unspecified atom stereocenters. The molecule has 0 aromatic rings. The summed E-state index contributed by atoms with van der Waals surface area (Å²) < 4.78 is 11.4. The Morgan fingerprint density at radius 1 is 0.789 bits per heavy atom. The molecule has 0 radical (unpaired) electrons. The number of rotatable bonds is 13. The zero-order chi connectivity index (χ0) is 14.6. The van der Waals surface area contributed by atoms with E-state index >= 15 is 0 Å². The zero-order valence-corrected chi connectivity index (χ0v) is 14.0. The van der Waals surface area contributed by atoms with Crippen molar-refractivity contribution in [3.05, 3.63) is 0 Å². The van der Waals surface area contributed by atoms with Crippen LogP contribution in [0.15, 0.2) is 0 Å². The third-order valence-corrected chi connectivity index (χ3v) is 4.31. The predicted molar refractivity (Wildman–Crippen MR) is 83.4 cm³/mol. The molecule has 0 aliphatic rings. The second-order valence-electron chi connectivity index (χ2n) is 5.78. The summed E-state index contributed by atoms with van der Waals surface area (Å²) in [4.78, 5) is 0. The van der Waals surface area contributed by atoms with Gasteiger partial charge < -0.3 is 9.47 Å². The molecule has 0 saturated carbocycles. The van der Waals surface area contributed by atoms with Crippen LogP contribution < -0.4 is 0 Å². The van der Waals surface area contributed by atoms with Gasteiger partial charge in [-0.2, -0.15) is 0 Å². The molecule has 0 aliphatic carbocycles. The van der Waals surface area contributed by atoms with Gasteiger partial charge in [0.1, 0.15) is 0 Å². The first-order valence-corrected chi connectivity index (χ1v) is 8.27. The van der Waals surface area contributed by atoms with Gasteiger partial charge in [-0.3, -0.25) is 0 Å². The lowest BCUT2D eigenvalue weighted by molar-refractivity contribution is -0.242. The van der Waals surface area contributed by atoms with Crippen LogP contribution in [0.25, 0.3) is 0 Å². The summed E-state index contributed by atoms with van der Waals surface area (Å²) in [6.07, 6.45) is 12.7. The molecule has 2 nitrogen and oxygen atoms in total. The number of unbranched alkanes of at least 4 members (excludes halogenated alkanes) is 6. The molecule has 0 heterocycles. The third-order valence-electron chi connectivity index (χ3n) is 4.31. The van der Waals surface area contributed by atoms with Gasteiger partial charge >= 0.3 is 0 Å². The van der Waals surface area contributed by atoms with Gasteiger partial charge in [0.25, 0.3) is 0 Å². The maximum atomic E-state index is 5.72. The summed E-state index contributed by atoms with van der Waals surface area (Å²) in [6.45, 7) is 6.75. The Morgan fingerprint density at radius 3 is 1.84 bits per heavy atom. The lowest BCUT2D eigenvalue weighted by Gasteiger charge is -2.36. The maximum Gasteiger partial charge on any atom is 0.170 e. The summed E-state index contributed by atoms with van der Waals surface area (Å²) in [6, 6.07) is 0. The van der Waals surface area contributed by atoms with E-state index in [9.17, 15) is 0 Å². The van der Waals surface area contributed by atoms with E-state index in [2.05, 4.69) is 20.8 Å². The van der Waals surface area contributed by atoms with Crippen LogP contribution in [0.2, 0.25) is 0 Å². The number of methoxy groups -OCH3 is 2. The van der Waals surface area contributed by atoms with E-state index in [-0.39, 0.29) is 5.79 Å². The van der Waals surface area contributed by atoms with Crippen molar-refractivity contribution in [1.82, 2.24) is 0 Å². The molecule has 0 aromatic heterocycles. The number of hydrogen-bond donors (Lipinski definition) is 0. The average molecular weight is 272 g/mol. The molecule has 0 fully saturated rings. The fourth-order valence-corrected chi connectivity index (χ4v) is 2.81. The molecule has 0 N–H and O–H groups in total. The Bertz CT molecular complexity index is 188. The molecule has 0 bridgehead atoms. The van der Waals surface area contributed by atoms with Crippen molar-refractivity contribution in [2.24, 2.45) is 5.92 Å². The van der Waals surface area contributed by atoms with Crippen molar-refractivity contribution in [2.75, 3.05) is 14.2 Å². The first-order chi connectivity index (χ1) is 9.16. The van der Waals surface area contributed by atoms with Crippen LogP contribution in [0.1, 0.15) is 85.0 Å². The van der Waals surface area contributed by atoms with E-state index in [0.717, 1.165) is 6.42 Å². The zero-order valence-electron chi connectivity index (χ0n) is 14.0. The topological polar surface area (TPSA) is 18.5 Å². The van der Waals surface area contributed by atoms with Gasteiger partial charge in [0, 0.05) is 26.6 Å². The summed E-state index contributed by atoms with van der Waals surface area (Å²) in [5.74, 6) is 0.111. The molecule has 116 valence electrons. The van der Waals surface area contributed by atoms with Gasteiger partial charge in [-0.05, 0) is 12.8 Å². The van der Waals surface area contributed by atoms with E-state index in [1.165, 1.54) is 57.8 Å². The van der Waals surface area contributed by atoms with Gasteiger partial charge in [-0.15, -0.1) is 0 Å². The van der Waals surface area contributed by atoms with Crippen molar-refractivity contribution >= 4 is 0 Å². The molecule has 0 aliphatic heterocycles. The van der Waals surface area contributed by atoms with E-state index in [0.29, 0.717) is 5.92 Å². The average Bonchev–Trinajstić information content (AvgIpc) is 2.44. The Kier molecular flexibility index (Phi) is 11.7. The van der Waals surface area contributed by atoms with Gasteiger partial charge in [0.05, 0.1) is 0 Å². The molecule has 19 heavy (non-hydrogen) atoms. The molecule has 0 aromatic carbocycles. The molecule has 0 amide bonds. The predicted octanol–water partition coefficient (Wildman–Crippen LogP) is 5.55. The SMILES string of the molecule is CCCCCCCCC(C)C(CCCC)(OC)OC. The number of ether oxygens (including phenoxy) is 2. The quantitative estimate of drug-likeness (QED) is 0.323. The summed E-state index contributed by atoms with van der Waals surface area (Å²) in [7, 11) is 3.58. The van der Waals surface area contributed by atoms with Crippen molar-refractivity contribution < 1.29 is 9.47 Å². The smallest absolute Gasteiger partial charge is 0.170 e. The highest BCUT2D eigenvalue weighted by Gasteiger charge is 2.35. The maximum absolute atomic E-state index is 5.72. The number of hydrogen-bond acceptors (Lipinski definition) is 2. The molecular weight excluding hydrogens is 236 g/mol. The van der Waals surface area contributed by atoms with Gasteiger partial charge in [0.15, 0.2) is 5.79 Å². The molecule has 0 rings (SSSR count). The Labute approximate surface area is 121 Å². The highest BCUT2D eigenvalue weighted by molar-refractivity contribution is 4.76. The van der Waals surface area contributed by atoms with Crippen molar-refractivity contribution in [2.45, 2.75) is 90.8 Å². The van der Waals surface area contributed by atoms with Crippen LogP contribution in [-0.4, -0.2) is 20.0 Å². The fraction of sp³-hybridized carbons (Fsp3) is 1.00. The molecule has 0 spiro atoms. The van der Waals surface area contributed by atoms with E-state index in [1.54, 1.807) is 14.2 Å². The van der Waals surface area contributed by atoms with Crippen molar-refractivity contribution in [3.63, 3.8) is 0 Å². The highest BCUT2D eigenvalue weighted by atomic mass is 16.7. The van der Waals surface area contributed by atoms with Crippen LogP contribution in [0.3, 0.4) is 0 Å². The second-order valence-corrected chi connectivity index (χ2v) is 5.78. The summed E-state index contributed by atoms with van der Waals surface area (Å²) >= 11 is 0. The molecule has 0 saturated heterocycles. The largest absolute Gasteiger partial charge is 0.353 e. The van der Waals surface area contributed by atoms with Gasteiger partial charge in [-0.1, -0.05) is 65.7 Å². The lowest BCUT2D eigenvalue weighted by atomic mass is 9.90. The standard InChI is InChI=1S/C17H36O2/c1-6-8-10-11-12-13-14-16(3)17(18-4,19-5)15-9-7-2/h16H,6-15H2,1-5H3. The van der Waals surface area contributed by atoms with Crippen LogP contribution >= 0.6 is 0 Å². The Balaban J connectivity index is 4.00. The Hall–Kier alpha value is -0.0800. The van der Waals surface area contributed by atoms with Crippen LogP contribution in [0.4, 0.5) is 0 Å². The minimum atomic E-state index is -0.362. The Morgan fingerprint density at radius 2 is 1.32 bits per heavy atom. The first kappa shape index (κ1) is 18.9. The minimum absolute atomic E-state index is 0.362. The van der Waals surface area contributed by atoms with Crippen LogP contribution in [0.5, 0.6) is 0 Å². The van der Waals surface area contributed by atoms with Gasteiger partial charge in [-0.25, -0.2) is 0 Å². The first-order valence-electron chi connectivity index (χ1n) is 8.27.